The Morgan fingerprint density at radius 1 is 1.50 bits per heavy atom. The van der Waals surface area contributed by atoms with Gasteiger partial charge in [-0.25, -0.2) is 8.42 Å². The Hall–Kier alpha value is -1.80. The molecule has 18 heavy (non-hydrogen) atoms. The molecule has 0 unspecified atom stereocenters. The summed E-state index contributed by atoms with van der Waals surface area (Å²) in [5.41, 5.74) is -0.431. The SMILES string of the molecule is CS(=O)(=O)[C@@H](CO)C(=O)c1cccc([N+](=O)[O-])c1. The number of non-ortho nitro benzene ring substituents is 1. The van der Waals surface area contributed by atoms with Gasteiger partial charge < -0.3 is 5.11 Å². The molecule has 0 spiro atoms. The standard InChI is InChI=1S/C10H11NO6S/c1-18(16,17)9(6-12)10(13)7-3-2-4-8(5-7)11(14)15/h2-5,9,12H,6H2,1H3/t9-/m0/s1. The van der Waals surface area contributed by atoms with Crippen LogP contribution in [0, 0.1) is 10.1 Å². The van der Waals surface area contributed by atoms with Gasteiger partial charge in [-0.2, -0.15) is 0 Å². The molecule has 98 valence electrons. The molecule has 7 nitrogen and oxygen atoms in total. The molecule has 0 saturated heterocycles. The number of rotatable bonds is 5. The summed E-state index contributed by atoms with van der Waals surface area (Å²) in [6.45, 7) is -0.861. The molecule has 1 N–H and O–H groups in total. The summed E-state index contributed by atoms with van der Waals surface area (Å²) in [6, 6.07) is 4.71. The number of ketones is 1. The maximum Gasteiger partial charge on any atom is 0.270 e. The van der Waals surface area contributed by atoms with E-state index in [-0.39, 0.29) is 11.3 Å². The number of Topliss-reactive ketones (excluding diaryl/α,β-unsaturated/α-hetero) is 1. The Labute approximate surface area is 103 Å². The summed E-state index contributed by atoms with van der Waals surface area (Å²) in [5, 5.41) is 17.9. The number of hydrogen-bond donors (Lipinski definition) is 1. The number of aliphatic hydroxyl groups excluding tert-OH is 1. The number of sulfone groups is 1. The lowest BCUT2D eigenvalue weighted by atomic mass is 10.1. The van der Waals surface area contributed by atoms with Crippen LogP contribution in [0.3, 0.4) is 0 Å². The van der Waals surface area contributed by atoms with Crippen molar-refractivity contribution in [3.05, 3.63) is 39.9 Å². The van der Waals surface area contributed by atoms with Crippen molar-refractivity contribution in [2.75, 3.05) is 12.9 Å². The van der Waals surface area contributed by atoms with Crippen molar-refractivity contribution in [1.29, 1.82) is 0 Å². The number of nitro groups is 1. The zero-order chi connectivity index (χ0) is 13.9. The quantitative estimate of drug-likeness (QED) is 0.465. The Morgan fingerprint density at radius 3 is 2.56 bits per heavy atom. The van der Waals surface area contributed by atoms with Gasteiger partial charge in [0.1, 0.15) is 5.25 Å². The molecule has 0 radical (unpaired) electrons. The average molecular weight is 273 g/mol. The highest BCUT2D eigenvalue weighted by Gasteiger charge is 2.29. The molecule has 0 aromatic heterocycles. The monoisotopic (exact) mass is 273 g/mol. The minimum Gasteiger partial charge on any atom is -0.395 e. The predicted molar refractivity (Wildman–Crippen MR) is 63.1 cm³/mol. The zero-order valence-electron chi connectivity index (χ0n) is 9.44. The van der Waals surface area contributed by atoms with Crippen molar-refractivity contribution in [3.8, 4) is 0 Å². The van der Waals surface area contributed by atoms with Crippen LogP contribution in [0.1, 0.15) is 10.4 Å². The van der Waals surface area contributed by atoms with Gasteiger partial charge in [-0.3, -0.25) is 14.9 Å². The molecule has 1 atom stereocenters. The highest BCUT2D eigenvalue weighted by Crippen LogP contribution is 2.16. The molecular formula is C10H11NO6S. The Morgan fingerprint density at radius 2 is 2.11 bits per heavy atom. The first-order valence-electron chi connectivity index (χ1n) is 4.85. The minimum atomic E-state index is -3.76. The smallest absolute Gasteiger partial charge is 0.270 e. The molecule has 1 rings (SSSR count). The summed E-state index contributed by atoms with van der Waals surface area (Å²) in [7, 11) is -3.76. The predicted octanol–water partition coefficient (Wildman–Crippen LogP) is 0.183. The van der Waals surface area contributed by atoms with Gasteiger partial charge in [-0.15, -0.1) is 0 Å². The van der Waals surface area contributed by atoms with E-state index < -0.39 is 32.4 Å². The van der Waals surface area contributed by atoms with Crippen molar-refractivity contribution in [2.45, 2.75) is 5.25 Å². The lowest BCUT2D eigenvalue weighted by Crippen LogP contribution is -2.33. The number of aliphatic hydroxyl groups is 1. The van der Waals surface area contributed by atoms with Gasteiger partial charge in [-0.1, -0.05) is 12.1 Å². The second-order valence-corrected chi connectivity index (χ2v) is 5.90. The van der Waals surface area contributed by atoms with E-state index in [0.29, 0.717) is 0 Å². The summed E-state index contributed by atoms with van der Waals surface area (Å²) in [6.07, 6.45) is 0.823. The molecule has 0 amide bonds. The zero-order valence-corrected chi connectivity index (χ0v) is 10.3. The summed E-state index contributed by atoms with van der Waals surface area (Å²) in [4.78, 5) is 21.7. The highest BCUT2D eigenvalue weighted by atomic mass is 32.2. The summed E-state index contributed by atoms with van der Waals surface area (Å²) >= 11 is 0. The fourth-order valence-electron chi connectivity index (χ4n) is 1.37. The Kier molecular flexibility index (Phi) is 4.15. The lowest BCUT2D eigenvalue weighted by molar-refractivity contribution is -0.384. The van der Waals surface area contributed by atoms with Crippen LogP contribution < -0.4 is 0 Å². The molecule has 0 heterocycles. The van der Waals surface area contributed by atoms with E-state index in [4.69, 9.17) is 5.11 Å². The third-order valence-corrected chi connectivity index (χ3v) is 3.71. The molecule has 0 fully saturated rings. The van der Waals surface area contributed by atoms with Crippen LogP contribution in [0.2, 0.25) is 0 Å². The van der Waals surface area contributed by atoms with Crippen molar-refractivity contribution in [3.63, 3.8) is 0 Å². The fourth-order valence-corrected chi connectivity index (χ4v) is 2.17. The van der Waals surface area contributed by atoms with Gasteiger partial charge in [0.25, 0.3) is 5.69 Å². The normalized spacial score (nSPS) is 13.0. The van der Waals surface area contributed by atoms with Gasteiger partial charge >= 0.3 is 0 Å². The lowest BCUT2D eigenvalue weighted by Gasteiger charge is -2.10. The van der Waals surface area contributed by atoms with E-state index in [2.05, 4.69) is 0 Å². The maximum atomic E-state index is 11.8. The van der Waals surface area contributed by atoms with Crippen molar-refractivity contribution in [2.24, 2.45) is 0 Å². The van der Waals surface area contributed by atoms with E-state index in [1.807, 2.05) is 0 Å². The Bertz CT molecular complexity index is 580. The first-order chi connectivity index (χ1) is 8.27. The number of carbonyl (C=O) groups is 1. The third kappa shape index (κ3) is 3.11. The second kappa shape index (κ2) is 5.23. The largest absolute Gasteiger partial charge is 0.395 e. The molecule has 0 aliphatic carbocycles. The van der Waals surface area contributed by atoms with Gasteiger partial charge in [0.05, 0.1) is 11.5 Å². The van der Waals surface area contributed by atoms with Crippen molar-refractivity contribution >= 4 is 21.3 Å². The number of benzene rings is 1. The molecule has 0 aliphatic rings. The van der Waals surface area contributed by atoms with Gasteiger partial charge in [0.15, 0.2) is 15.6 Å². The van der Waals surface area contributed by atoms with Gasteiger partial charge in [0, 0.05) is 24.0 Å². The average Bonchev–Trinajstić information content (AvgIpc) is 2.28. The topological polar surface area (TPSA) is 115 Å². The van der Waals surface area contributed by atoms with E-state index in [1.165, 1.54) is 18.2 Å². The summed E-state index contributed by atoms with van der Waals surface area (Å²) < 4.78 is 22.6. The van der Waals surface area contributed by atoms with Gasteiger partial charge in [-0.05, 0) is 0 Å². The first-order valence-corrected chi connectivity index (χ1v) is 6.81. The highest BCUT2D eigenvalue weighted by molar-refractivity contribution is 7.92. The van der Waals surface area contributed by atoms with Crippen LogP contribution >= 0.6 is 0 Å². The van der Waals surface area contributed by atoms with E-state index >= 15 is 0 Å². The van der Waals surface area contributed by atoms with Crippen LogP contribution in [-0.2, 0) is 9.84 Å². The number of nitro benzene ring substituents is 1. The van der Waals surface area contributed by atoms with Crippen LogP contribution in [-0.4, -0.2) is 42.3 Å². The number of hydrogen-bond acceptors (Lipinski definition) is 6. The van der Waals surface area contributed by atoms with Crippen LogP contribution in [0.15, 0.2) is 24.3 Å². The van der Waals surface area contributed by atoms with Crippen LogP contribution in [0.5, 0.6) is 0 Å². The maximum absolute atomic E-state index is 11.8. The van der Waals surface area contributed by atoms with Gasteiger partial charge in [0.2, 0.25) is 0 Å². The molecule has 1 aromatic rings. The second-order valence-electron chi connectivity index (χ2n) is 3.67. The summed E-state index contributed by atoms with van der Waals surface area (Å²) in [5.74, 6) is -0.858. The molecule has 8 heteroatoms. The molecule has 0 saturated carbocycles. The van der Waals surface area contributed by atoms with Crippen molar-refractivity contribution in [1.82, 2.24) is 0 Å². The van der Waals surface area contributed by atoms with Crippen molar-refractivity contribution < 1.29 is 23.2 Å². The molecule has 0 aliphatic heterocycles. The number of carbonyl (C=O) groups excluding carboxylic acids is 1. The third-order valence-electron chi connectivity index (χ3n) is 2.32. The Balaban J connectivity index is 3.18. The molecule has 0 bridgehead atoms. The van der Waals surface area contributed by atoms with Crippen LogP contribution in [0.25, 0.3) is 0 Å². The van der Waals surface area contributed by atoms with Crippen LogP contribution in [0.4, 0.5) is 5.69 Å². The van der Waals surface area contributed by atoms with E-state index in [1.54, 1.807) is 0 Å². The first kappa shape index (κ1) is 14.3. The van der Waals surface area contributed by atoms with E-state index in [9.17, 15) is 23.3 Å². The molecule has 1 aromatic carbocycles. The molecular weight excluding hydrogens is 262 g/mol. The van der Waals surface area contributed by atoms with E-state index in [0.717, 1.165) is 12.3 Å². The number of nitrogens with zero attached hydrogens (tertiary/aromatic N) is 1. The fraction of sp³-hybridized carbons (Fsp3) is 0.300. The minimum absolute atomic E-state index is 0.117.